The maximum Gasteiger partial charge on any atom is 0.286 e. The molecule has 0 spiro atoms. The summed E-state index contributed by atoms with van der Waals surface area (Å²) in [6.07, 6.45) is 0.500. The van der Waals surface area contributed by atoms with Crippen molar-refractivity contribution in [1.29, 1.82) is 0 Å². The van der Waals surface area contributed by atoms with Crippen molar-refractivity contribution >= 4 is 33.1 Å². The Morgan fingerprint density at radius 1 is 0.964 bits per heavy atom. The first kappa shape index (κ1) is 18.5. The minimum atomic E-state index is -3.71. The van der Waals surface area contributed by atoms with E-state index < -0.39 is 10.0 Å². The average Bonchev–Trinajstić information content (AvgIpc) is 2.72. The Labute approximate surface area is 164 Å². The summed E-state index contributed by atoms with van der Waals surface area (Å²) in [5.41, 5.74) is 1.68. The first-order valence-electron chi connectivity index (χ1n) is 9.31. The van der Waals surface area contributed by atoms with Crippen LogP contribution in [-0.4, -0.2) is 51.2 Å². The van der Waals surface area contributed by atoms with E-state index in [1.807, 2.05) is 23.1 Å². The molecule has 1 N–H and O–H groups in total. The zero-order valence-corrected chi connectivity index (χ0v) is 16.2. The smallest absolute Gasteiger partial charge is 0.286 e. The van der Waals surface area contributed by atoms with Crippen molar-refractivity contribution in [2.45, 2.75) is 17.7 Å². The molecule has 0 unspecified atom stereocenters. The highest BCUT2D eigenvalue weighted by Gasteiger charge is 2.26. The highest BCUT2D eigenvalue weighted by molar-refractivity contribution is 7.90. The molecule has 146 valence electrons. The molecule has 2 aliphatic rings. The molecule has 7 nitrogen and oxygen atoms in total. The van der Waals surface area contributed by atoms with Gasteiger partial charge in [0.2, 0.25) is 5.91 Å². The molecule has 2 aromatic carbocycles. The molecule has 1 amide bonds. The lowest BCUT2D eigenvalue weighted by molar-refractivity contribution is -0.131. The van der Waals surface area contributed by atoms with E-state index in [4.69, 9.17) is 0 Å². The highest BCUT2D eigenvalue weighted by atomic mass is 32.2. The number of benzene rings is 2. The molecule has 0 saturated carbocycles. The second-order valence-corrected chi connectivity index (χ2v) is 8.41. The van der Waals surface area contributed by atoms with E-state index in [0.717, 1.165) is 13.1 Å². The summed E-state index contributed by atoms with van der Waals surface area (Å²) in [5.74, 6) is 0.337. The number of rotatable bonds is 4. The molecule has 4 rings (SSSR count). The molecule has 28 heavy (non-hydrogen) atoms. The molecule has 2 heterocycles. The predicted octanol–water partition coefficient (Wildman–Crippen LogP) is 2.33. The first-order chi connectivity index (χ1) is 13.5. The third kappa shape index (κ3) is 3.87. The van der Waals surface area contributed by atoms with Crippen LogP contribution < -0.4 is 10.2 Å². The second-order valence-electron chi connectivity index (χ2n) is 6.84. The molecule has 1 fully saturated rings. The standard InChI is InChI=1S/C20H22N4O3S/c25-20(24-14-12-23(13-15-24)16-6-2-1-3-7-16)11-10-19-21-17-8-4-5-9-18(17)28(26,27)22-19/h1-9H,10-15H2,(H,21,22). The summed E-state index contributed by atoms with van der Waals surface area (Å²) >= 11 is 0. The Morgan fingerprint density at radius 3 is 2.39 bits per heavy atom. The van der Waals surface area contributed by atoms with Gasteiger partial charge in [-0.3, -0.25) is 4.79 Å². The van der Waals surface area contributed by atoms with Gasteiger partial charge in [0.1, 0.15) is 10.7 Å². The number of amidine groups is 1. The van der Waals surface area contributed by atoms with Gasteiger partial charge in [-0.25, -0.2) is 0 Å². The number of hydrogen-bond acceptors (Lipinski definition) is 5. The fourth-order valence-corrected chi connectivity index (χ4v) is 4.68. The summed E-state index contributed by atoms with van der Waals surface area (Å²) in [4.78, 5) is 16.8. The molecular weight excluding hydrogens is 376 g/mol. The molecule has 2 aromatic rings. The van der Waals surface area contributed by atoms with Crippen LogP contribution in [0.25, 0.3) is 0 Å². The van der Waals surface area contributed by atoms with Gasteiger partial charge in [0.25, 0.3) is 10.0 Å². The van der Waals surface area contributed by atoms with E-state index >= 15 is 0 Å². The number of anilines is 2. The van der Waals surface area contributed by atoms with E-state index in [2.05, 4.69) is 26.7 Å². The van der Waals surface area contributed by atoms with E-state index in [1.165, 1.54) is 11.8 Å². The molecule has 2 aliphatic heterocycles. The van der Waals surface area contributed by atoms with Gasteiger partial charge in [0.05, 0.1) is 5.69 Å². The average molecular weight is 398 g/mol. The largest absolute Gasteiger partial charge is 0.368 e. The first-order valence-corrected chi connectivity index (χ1v) is 10.7. The third-order valence-electron chi connectivity index (χ3n) is 5.00. The van der Waals surface area contributed by atoms with Crippen LogP contribution in [0.2, 0.25) is 0 Å². The van der Waals surface area contributed by atoms with Crippen molar-refractivity contribution in [2.24, 2.45) is 4.40 Å². The number of nitrogens with zero attached hydrogens (tertiary/aromatic N) is 3. The molecule has 0 radical (unpaired) electrons. The minimum Gasteiger partial charge on any atom is -0.368 e. The van der Waals surface area contributed by atoms with Gasteiger partial charge in [0, 0.05) is 44.7 Å². The van der Waals surface area contributed by atoms with E-state index in [0.29, 0.717) is 24.6 Å². The lowest BCUT2D eigenvalue weighted by Gasteiger charge is -2.36. The molecule has 8 heteroatoms. The maximum atomic E-state index is 12.6. The Bertz CT molecular complexity index is 997. The molecule has 0 aromatic heterocycles. The quantitative estimate of drug-likeness (QED) is 0.855. The maximum absolute atomic E-state index is 12.6. The summed E-state index contributed by atoms with van der Waals surface area (Å²) in [5, 5.41) is 3.03. The van der Waals surface area contributed by atoms with Crippen molar-refractivity contribution in [3.05, 3.63) is 54.6 Å². The van der Waals surface area contributed by atoms with Crippen LogP contribution in [0.1, 0.15) is 12.8 Å². The molecular formula is C20H22N4O3S. The van der Waals surface area contributed by atoms with Crippen LogP contribution in [0.5, 0.6) is 0 Å². The van der Waals surface area contributed by atoms with E-state index in [9.17, 15) is 13.2 Å². The Morgan fingerprint density at radius 2 is 1.64 bits per heavy atom. The van der Waals surface area contributed by atoms with Gasteiger partial charge in [-0.2, -0.15) is 8.42 Å². The predicted molar refractivity (Wildman–Crippen MR) is 109 cm³/mol. The Kier molecular flexibility index (Phi) is 5.04. The highest BCUT2D eigenvalue weighted by Crippen LogP contribution is 2.27. The van der Waals surface area contributed by atoms with Gasteiger partial charge < -0.3 is 15.1 Å². The topological polar surface area (TPSA) is 82.1 Å². The zero-order valence-electron chi connectivity index (χ0n) is 15.4. The summed E-state index contributed by atoms with van der Waals surface area (Å²) in [7, 11) is -3.71. The Balaban J connectivity index is 1.33. The van der Waals surface area contributed by atoms with Crippen LogP contribution in [0, 0.1) is 0 Å². The zero-order chi connectivity index (χ0) is 19.6. The van der Waals surface area contributed by atoms with E-state index in [1.54, 1.807) is 18.2 Å². The number of sulfonamides is 1. The van der Waals surface area contributed by atoms with Crippen molar-refractivity contribution in [2.75, 3.05) is 36.4 Å². The van der Waals surface area contributed by atoms with Crippen LogP contribution in [0.3, 0.4) is 0 Å². The lowest BCUT2D eigenvalue weighted by atomic mass is 10.2. The van der Waals surface area contributed by atoms with Gasteiger partial charge >= 0.3 is 0 Å². The van der Waals surface area contributed by atoms with Crippen molar-refractivity contribution in [3.63, 3.8) is 0 Å². The van der Waals surface area contributed by atoms with Gasteiger partial charge in [-0.15, -0.1) is 4.40 Å². The summed E-state index contributed by atoms with van der Waals surface area (Å²) < 4.78 is 28.4. The lowest BCUT2D eigenvalue weighted by Crippen LogP contribution is -2.48. The number of carbonyl (C=O) groups is 1. The molecule has 0 atom stereocenters. The third-order valence-corrected chi connectivity index (χ3v) is 6.38. The number of piperazine rings is 1. The van der Waals surface area contributed by atoms with Crippen molar-refractivity contribution in [3.8, 4) is 0 Å². The van der Waals surface area contributed by atoms with Crippen molar-refractivity contribution < 1.29 is 13.2 Å². The number of fused-ring (bicyclic) bond motifs is 1. The van der Waals surface area contributed by atoms with Crippen molar-refractivity contribution in [1.82, 2.24) is 4.90 Å². The minimum absolute atomic E-state index is 0.0217. The normalized spacial score (nSPS) is 18.1. The number of carbonyl (C=O) groups excluding carboxylic acids is 1. The summed E-state index contributed by atoms with van der Waals surface area (Å²) in [6.45, 7) is 2.90. The second kappa shape index (κ2) is 7.63. The molecule has 0 bridgehead atoms. The molecule has 1 saturated heterocycles. The van der Waals surface area contributed by atoms with Crippen LogP contribution in [0.15, 0.2) is 63.9 Å². The number of amides is 1. The molecule has 0 aliphatic carbocycles. The van der Waals surface area contributed by atoms with Crippen LogP contribution in [0.4, 0.5) is 11.4 Å². The fraction of sp³-hybridized carbons (Fsp3) is 0.300. The Hall–Kier alpha value is -2.87. The SMILES string of the molecule is O=C(CCC1=NS(=O)(=O)c2ccccc2N1)N1CCN(c2ccccc2)CC1. The number of para-hydroxylation sites is 2. The van der Waals surface area contributed by atoms with Crippen LogP contribution in [-0.2, 0) is 14.8 Å². The monoisotopic (exact) mass is 398 g/mol. The fourth-order valence-electron chi connectivity index (χ4n) is 3.51. The number of hydrogen-bond donors (Lipinski definition) is 1. The van der Waals surface area contributed by atoms with Gasteiger partial charge in [-0.1, -0.05) is 30.3 Å². The van der Waals surface area contributed by atoms with Gasteiger partial charge in [-0.05, 0) is 24.3 Å². The van der Waals surface area contributed by atoms with E-state index in [-0.39, 0.29) is 23.6 Å². The summed E-state index contributed by atoms with van der Waals surface area (Å²) in [6, 6.07) is 16.8. The number of nitrogens with one attached hydrogen (secondary N) is 1. The van der Waals surface area contributed by atoms with Crippen LogP contribution >= 0.6 is 0 Å². The van der Waals surface area contributed by atoms with Gasteiger partial charge in [0.15, 0.2) is 0 Å².